The van der Waals surface area contributed by atoms with E-state index in [2.05, 4.69) is 13.2 Å². The average molecular weight is 412 g/mol. The first-order chi connectivity index (χ1) is 14.2. The molecule has 0 N–H and O–H groups in total. The lowest BCUT2D eigenvalue weighted by atomic mass is 10.0. The summed E-state index contributed by atoms with van der Waals surface area (Å²) < 4.78 is 29.4. The molecule has 0 amide bonds. The fraction of sp³-hybridized carbons (Fsp3) is 0.174. The molecule has 7 heteroatoms. The monoisotopic (exact) mass is 412 g/mol. The SMILES string of the molecule is C=C(C)C(=O)OCCC(=O)Oc1ccc(-c2ccc(OC(=O)C(=C)C)cc2F)cc1. The number of hydrogen-bond donors (Lipinski definition) is 0. The first-order valence-electron chi connectivity index (χ1n) is 8.98. The van der Waals surface area contributed by atoms with Gasteiger partial charge >= 0.3 is 17.9 Å². The van der Waals surface area contributed by atoms with Crippen LogP contribution in [0.3, 0.4) is 0 Å². The Kier molecular flexibility index (Phi) is 7.63. The van der Waals surface area contributed by atoms with Crippen LogP contribution in [-0.2, 0) is 19.1 Å². The van der Waals surface area contributed by atoms with Gasteiger partial charge in [-0.1, -0.05) is 25.3 Å². The van der Waals surface area contributed by atoms with Crippen molar-refractivity contribution in [1.82, 2.24) is 0 Å². The number of benzene rings is 2. The van der Waals surface area contributed by atoms with Gasteiger partial charge in [-0.2, -0.15) is 0 Å². The van der Waals surface area contributed by atoms with Crippen LogP contribution in [0.5, 0.6) is 11.5 Å². The van der Waals surface area contributed by atoms with Crippen LogP contribution in [0.1, 0.15) is 20.3 Å². The van der Waals surface area contributed by atoms with E-state index in [1.807, 2.05) is 0 Å². The minimum absolute atomic E-state index is 0.0714. The maximum absolute atomic E-state index is 14.4. The number of esters is 3. The van der Waals surface area contributed by atoms with Gasteiger partial charge in [0.25, 0.3) is 0 Å². The number of rotatable bonds is 8. The second-order valence-electron chi connectivity index (χ2n) is 6.48. The van der Waals surface area contributed by atoms with Crippen LogP contribution in [0.15, 0.2) is 66.8 Å². The Bertz CT molecular complexity index is 991. The maximum Gasteiger partial charge on any atom is 0.338 e. The Morgan fingerprint density at radius 2 is 1.47 bits per heavy atom. The molecule has 0 aliphatic rings. The first-order valence-corrected chi connectivity index (χ1v) is 8.98. The van der Waals surface area contributed by atoms with Crippen LogP contribution in [0, 0.1) is 5.82 Å². The van der Waals surface area contributed by atoms with Gasteiger partial charge in [-0.25, -0.2) is 14.0 Å². The van der Waals surface area contributed by atoms with Crippen LogP contribution in [0.2, 0.25) is 0 Å². The Balaban J connectivity index is 1.97. The topological polar surface area (TPSA) is 78.9 Å². The summed E-state index contributed by atoms with van der Waals surface area (Å²) in [6, 6.07) is 10.3. The molecule has 0 aliphatic heterocycles. The van der Waals surface area contributed by atoms with Crippen LogP contribution >= 0.6 is 0 Å². The van der Waals surface area contributed by atoms with Gasteiger partial charge in [-0.15, -0.1) is 0 Å². The molecule has 0 unspecified atom stereocenters. The maximum atomic E-state index is 14.4. The third kappa shape index (κ3) is 6.41. The third-order valence-electron chi connectivity index (χ3n) is 3.78. The van der Waals surface area contributed by atoms with Gasteiger partial charge in [0, 0.05) is 22.8 Å². The summed E-state index contributed by atoms with van der Waals surface area (Å²) in [5.41, 5.74) is 1.28. The van der Waals surface area contributed by atoms with E-state index in [4.69, 9.17) is 14.2 Å². The molecule has 2 rings (SSSR count). The summed E-state index contributed by atoms with van der Waals surface area (Å²) in [5.74, 6) is -2.03. The lowest BCUT2D eigenvalue weighted by Crippen LogP contribution is -2.14. The van der Waals surface area contributed by atoms with Crippen molar-refractivity contribution >= 4 is 17.9 Å². The van der Waals surface area contributed by atoms with Gasteiger partial charge in [0.1, 0.15) is 23.9 Å². The Morgan fingerprint density at radius 1 is 0.867 bits per heavy atom. The number of carbonyl (C=O) groups is 3. The van der Waals surface area contributed by atoms with Crippen molar-refractivity contribution in [1.29, 1.82) is 0 Å². The summed E-state index contributed by atoms with van der Waals surface area (Å²) >= 11 is 0. The van der Waals surface area contributed by atoms with Gasteiger partial charge in [-0.05, 0) is 43.7 Å². The highest BCUT2D eigenvalue weighted by Crippen LogP contribution is 2.28. The smallest absolute Gasteiger partial charge is 0.338 e. The van der Waals surface area contributed by atoms with Crippen LogP contribution in [-0.4, -0.2) is 24.5 Å². The highest BCUT2D eigenvalue weighted by atomic mass is 19.1. The predicted molar refractivity (Wildman–Crippen MR) is 108 cm³/mol. The molecule has 0 saturated carbocycles. The molecule has 0 radical (unpaired) electrons. The van der Waals surface area contributed by atoms with Crippen LogP contribution in [0.4, 0.5) is 4.39 Å². The lowest BCUT2D eigenvalue weighted by Gasteiger charge is -2.09. The minimum atomic E-state index is -0.636. The summed E-state index contributed by atoms with van der Waals surface area (Å²) in [6.07, 6.45) is -0.111. The van der Waals surface area contributed by atoms with Crippen molar-refractivity contribution in [2.24, 2.45) is 0 Å². The highest BCUT2D eigenvalue weighted by Gasteiger charge is 2.12. The van der Waals surface area contributed by atoms with Crippen molar-refractivity contribution < 1.29 is 33.0 Å². The zero-order valence-electron chi connectivity index (χ0n) is 16.7. The molecule has 2 aromatic rings. The van der Waals surface area contributed by atoms with Gasteiger partial charge in [0.05, 0.1) is 6.42 Å². The van der Waals surface area contributed by atoms with Crippen LogP contribution < -0.4 is 9.47 Å². The molecule has 156 valence electrons. The molecule has 2 aromatic carbocycles. The van der Waals surface area contributed by atoms with E-state index >= 15 is 0 Å². The largest absolute Gasteiger partial charge is 0.462 e. The fourth-order valence-electron chi connectivity index (χ4n) is 2.22. The molecule has 0 bridgehead atoms. The molecule has 6 nitrogen and oxygen atoms in total. The van der Waals surface area contributed by atoms with Gasteiger partial charge < -0.3 is 14.2 Å². The summed E-state index contributed by atoms with van der Waals surface area (Å²) in [4.78, 5) is 34.6. The predicted octanol–water partition coefficient (Wildman–Crippen LogP) is 4.39. The summed E-state index contributed by atoms with van der Waals surface area (Å²) in [5, 5.41) is 0. The first kappa shape index (κ1) is 22.5. The number of carbonyl (C=O) groups excluding carboxylic acids is 3. The molecule has 0 atom stereocenters. The second-order valence-corrected chi connectivity index (χ2v) is 6.48. The summed E-state index contributed by atoms with van der Waals surface area (Å²) in [7, 11) is 0. The van der Waals surface area contributed by atoms with E-state index in [9.17, 15) is 18.8 Å². The molecule has 0 spiro atoms. The standard InChI is InChI=1S/C23H21FO6/c1-14(2)22(26)28-12-11-21(25)29-17-7-5-16(6-8-17)19-10-9-18(13-20(19)24)30-23(27)15(3)4/h5-10,13H,1,3,11-12H2,2,4H3. The molecule has 0 aromatic heterocycles. The second kappa shape index (κ2) is 10.2. The normalized spacial score (nSPS) is 10.1. The quantitative estimate of drug-likeness (QED) is 0.364. The van der Waals surface area contributed by atoms with E-state index in [1.165, 1.54) is 38.1 Å². The van der Waals surface area contributed by atoms with Crippen molar-refractivity contribution in [3.05, 3.63) is 72.6 Å². The van der Waals surface area contributed by atoms with Crippen molar-refractivity contribution in [3.63, 3.8) is 0 Å². The molecule has 0 heterocycles. The molecule has 30 heavy (non-hydrogen) atoms. The van der Waals surface area contributed by atoms with E-state index in [1.54, 1.807) is 12.1 Å². The molecular weight excluding hydrogens is 391 g/mol. The Morgan fingerprint density at radius 3 is 2.03 bits per heavy atom. The van der Waals surface area contributed by atoms with Crippen molar-refractivity contribution in [2.45, 2.75) is 20.3 Å². The average Bonchev–Trinajstić information content (AvgIpc) is 2.68. The fourth-order valence-corrected chi connectivity index (χ4v) is 2.22. The minimum Gasteiger partial charge on any atom is -0.462 e. The Labute approximate surface area is 173 Å². The molecule has 0 fully saturated rings. The summed E-state index contributed by atoms with van der Waals surface area (Å²) in [6.45, 7) is 9.80. The zero-order valence-corrected chi connectivity index (χ0v) is 16.7. The number of halogens is 1. The van der Waals surface area contributed by atoms with Gasteiger partial charge in [0.15, 0.2) is 0 Å². The number of hydrogen-bond acceptors (Lipinski definition) is 6. The van der Waals surface area contributed by atoms with Crippen molar-refractivity contribution in [3.8, 4) is 22.6 Å². The highest BCUT2D eigenvalue weighted by molar-refractivity contribution is 5.89. The van der Waals surface area contributed by atoms with E-state index < -0.39 is 23.7 Å². The molecular formula is C23H21FO6. The van der Waals surface area contributed by atoms with E-state index in [-0.39, 0.29) is 41.2 Å². The zero-order chi connectivity index (χ0) is 22.3. The van der Waals surface area contributed by atoms with E-state index in [0.717, 1.165) is 6.07 Å². The molecule has 0 aliphatic carbocycles. The van der Waals surface area contributed by atoms with Crippen LogP contribution in [0.25, 0.3) is 11.1 Å². The Hall–Kier alpha value is -3.74. The number of ether oxygens (including phenoxy) is 3. The van der Waals surface area contributed by atoms with Crippen molar-refractivity contribution in [2.75, 3.05) is 6.61 Å². The van der Waals surface area contributed by atoms with Gasteiger partial charge in [-0.3, -0.25) is 4.79 Å². The van der Waals surface area contributed by atoms with E-state index in [0.29, 0.717) is 5.56 Å². The lowest BCUT2D eigenvalue weighted by molar-refractivity contribution is -0.142. The van der Waals surface area contributed by atoms with Gasteiger partial charge in [0.2, 0.25) is 0 Å². The third-order valence-corrected chi connectivity index (χ3v) is 3.78. The molecule has 0 saturated heterocycles.